The predicted molar refractivity (Wildman–Crippen MR) is 99.1 cm³/mol. The van der Waals surface area contributed by atoms with E-state index in [4.69, 9.17) is 9.47 Å². The Morgan fingerprint density at radius 1 is 1.11 bits per heavy atom. The maximum atomic E-state index is 11.7. The van der Waals surface area contributed by atoms with Crippen LogP contribution in [0.3, 0.4) is 0 Å². The first kappa shape index (κ1) is 20.7. The van der Waals surface area contributed by atoms with E-state index in [1.54, 1.807) is 18.2 Å². The van der Waals surface area contributed by atoms with Crippen LogP contribution in [-0.2, 0) is 18.0 Å². The number of benzene rings is 2. The molecule has 2 atom stereocenters. The van der Waals surface area contributed by atoms with Crippen molar-refractivity contribution >= 4 is 6.09 Å². The second-order valence-electron chi connectivity index (χ2n) is 6.02. The van der Waals surface area contributed by atoms with Gasteiger partial charge in [0.05, 0.1) is 19.8 Å². The Balaban J connectivity index is 1.81. The van der Waals surface area contributed by atoms with Crippen LogP contribution in [0, 0.1) is 0 Å². The molecule has 2 aromatic rings. The van der Waals surface area contributed by atoms with E-state index in [1.807, 2.05) is 30.3 Å². The average molecular weight is 375 g/mol. The molecule has 0 aliphatic carbocycles. The molecule has 7 nitrogen and oxygen atoms in total. The van der Waals surface area contributed by atoms with E-state index < -0.39 is 18.3 Å². The fraction of sp³-hybridized carbons (Fsp3) is 0.350. The van der Waals surface area contributed by atoms with Gasteiger partial charge < -0.3 is 30.1 Å². The molecule has 2 unspecified atom stereocenters. The Hall–Kier alpha value is -2.61. The summed E-state index contributed by atoms with van der Waals surface area (Å²) in [5.74, 6) is 0.411. The maximum absolute atomic E-state index is 11.7. The van der Waals surface area contributed by atoms with Gasteiger partial charge in [0.15, 0.2) is 0 Å². The summed E-state index contributed by atoms with van der Waals surface area (Å²) in [5, 5.41) is 32.4. The van der Waals surface area contributed by atoms with Crippen molar-refractivity contribution in [2.24, 2.45) is 0 Å². The van der Waals surface area contributed by atoms with Crippen LogP contribution in [0.25, 0.3) is 0 Å². The molecule has 0 saturated heterocycles. The maximum Gasteiger partial charge on any atom is 0.407 e. The van der Waals surface area contributed by atoms with Crippen molar-refractivity contribution in [3.05, 3.63) is 65.2 Å². The van der Waals surface area contributed by atoms with Gasteiger partial charge in [-0.3, -0.25) is 0 Å². The highest BCUT2D eigenvalue weighted by molar-refractivity contribution is 5.67. The summed E-state index contributed by atoms with van der Waals surface area (Å²) in [6, 6.07) is 14.2. The van der Waals surface area contributed by atoms with Gasteiger partial charge in [-0.1, -0.05) is 36.4 Å². The van der Waals surface area contributed by atoms with Crippen molar-refractivity contribution in [2.75, 3.05) is 13.7 Å². The molecule has 0 aliphatic heterocycles. The number of methoxy groups -OCH3 is 1. The number of alkyl carbamates (subject to hydrolysis) is 1. The quantitative estimate of drug-likeness (QED) is 0.533. The Kier molecular flexibility index (Phi) is 8.06. The third-order valence-corrected chi connectivity index (χ3v) is 4.08. The SMILES string of the molecule is COc1ccc(CO)cc1C(O)C(O)CCNC(=O)OCc1ccccc1. The van der Waals surface area contributed by atoms with Crippen molar-refractivity contribution in [1.29, 1.82) is 0 Å². The number of hydrogen-bond donors (Lipinski definition) is 4. The van der Waals surface area contributed by atoms with Gasteiger partial charge in [0.1, 0.15) is 18.5 Å². The number of hydrogen-bond acceptors (Lipinski definition) is 6. The molecule has 27 heavy (non-hydrogen) atoms. The van der Waals surface area contributed by atoms with Crippen molar-refractivity contribution in [3.8, 4) is 5.75 Å². The zero-order valence-corrected chi connectivity index (χ0v) is 15.2. The van der Waals surface area contributed by atoms with Crippen LogP contribution < -0.4 is 10.1 Å². The molecule has 4 N–H and O–H groups in total. The number of carbonyl (C=O) groups excluding carboxylic acids is 1. The highest BCUT2D eigenvalue weighted by Crippen LogP contribution is 2.29. The second-order valence-corrected chi connectivity index (χ2v) is 6.02. The molecule has 0 saturated carbocycles. The van der Waals surface area contributed by atoms with Gasteiger partial charge >= 0.3 is 6.09 Å². The Morgan fingerprint density at radius 3 is 2.52 bits per heavy atom. The average Bonchev–Trinajstić information content (AvgIpc) is 2.71. The van der Waals surface area contributed by atoms with Crippen LogP contribution in [0.2, 0.25) is 0 Å². The molecular weight excluding hydrogens is 350 g/mol. The summed E-state index contributed by atoms with van der Waals surface area (Å²) in [4.78, 5) is 11.7. The minimum atomic E-state index is -1.21. The first-order valence-electron chi connectivity index (χ1n) is 8.63. The monoisotopic (exact) mass is 375 g/mol. The van der Waals surface area contributed by atoms with Gasteiger partial charge in [-0.25, -0.2) is 4.79 Å². The summed E-state index contributed by atoms with van der Waals surface area (Å²) in [5.41, 5.74) is 1.85. The topological polar surface area (TPSA) is 108 Å². The van der Waals surface area contributed by atoms with Gasteiger partial charge in [0, 0.05) is 12.1 Å². The predicted octanol–water partition coefficient (Wildman–Crippen LogP) is 1.90. The fourth-order valence-electron chi connectivity index (χ4n) is 2.57. The summed E-state index contributed by atoms with van der Waals surface area (Å²) < 4.78 is 10.3. The largest absolute Gasteiger partial charge is 0.496 e. The highest BCUT2D eigenvalue weighted by Gasteiger charge is 2.22. The Morgan fingerprint density at radius 2 is 1.85 bits per heavy atom. The van der Waals surface area contributed by atoms with Crippen molar-refractivity contribution < 1.29 is 29.6 Å². The van der Waals surface area contributed by atoms with Gasteiger partial charge in [-0.2, -0.15) is 0 Å². The standard InChI is InChI=1S/C20H25NO6/c1-26-18-8-7-15(12-22)11-16(18)19(24)17(23)9-10-21-20(25)27-13-14-5-3-2-4-6-14/h2-8,11,17,19,22-24H,9-10,12-13H2,1H3,(H,21,25). The Bertz CT molecular complexity index is 722. The van der Waals surface area contributed by atoms with Crippen LogP contribution in [0.4, 0.5) is 4.79 Å². The van der Waals surface area contributed by atoms with Gasteiger partial charge in [-0.05, 0) is 29.7 Å². The smallest absolute Gasteiger partial charge is 0.407 e. The number of rotatable bonds is 9. The third-order valence-electron chi connectivity index (χ3n) is 4.08. The zero-order valence-electron chi connectivity index (χ0n) is 15.2. The summed E-state index contributed by atoms with van der Waals surface area (Å²) >= 11 is 0. The number of amides is 1. The van der Waals surface area contributed by atoms with Crippen molar-refractivity contribution in [1.82, 2.24) is 5.32 Å². The van der Waals surface area contributed by atoms with Crippen LogP contribution in [0.5, 0.6) is 5.75 Å². The molecule has 2 aromatic carbocycles. The third kappa shape index (κ3) is 6.25. The van der Waals surface area contributed by atoms with Crippen LogP contribution in [-0.4, -0.2) is 41.2 Å². The summed E-state index contributed by atoms with van der Waals surface area (Å²) in [7, 11) is 1.46. The normalized spacial score (nSPS) is 12.9. The lowest BCUT2D eigenvalue weighted by molar-refractivity contribution is 0.0122. The molecule has 0 radical (unpaired) electrons. The second kappa shape index (κ2) is 10.5. The van der Waals surface area contributed by atoms with E-state index in [2.05, 4.69) is 5.32 Å². The number of aliphatic hydroxyl groups is 3. The fourth-order valence-corrected chi connectivity index (χ4v) is 2.57. The number of nitrogens with one attached hydrogen (secondary N) is 1. The molecule has 0 heterocycles. The van der Waals surface area contributed by atoms with Crippen LogP contribution in [0.15, 0.2) is 48.5 Å². The molecule has 0 bridgehead atoms. The van der Waals surface area contributed by atoms with Crippen LogP contribution >= 0.6 is 0 Å². The lowest BCUT2D eigenvalue weighted by Gasteiger charge is -2.21. The van der Waals surface area contributed by atoms with Gasteiger partial charge in [0.2, 0.25) is 0 Å². The number of ether oxygens (including phenoxy) is 2. The summed E-state index contributed by atoms with van der Waals surface area (Å²) in [6.07, 6.45) is -2.81. The molecule has 0 aromatic heterocycles. The number of aliphatic hydroxyl groups excluding tert-OH is 3. The molecule has 2 rings (SSSR count). The molecule has 1 amide bonds. The van der Waals surface area contributed by atoms with E-state index in [-0.39, 0.29) is 26.2 Å². The van der Waals surface area contributed by atoms with E-state index in [0.717, 1.165) is 5.56 Å². The number of carbonyl (C=O) groups is 1. The van der Waals surface area contributed by atoms with Gasteiger partial charge in [-0.15, -0.1) is 0 Å². The minimum absolute atomic E-state index is 0.119. The summed E-state index contributed by atoms with van der Waals surface area (Å²) in [6.45, 7) is 0.103. The first-order chi connectivity index (χ1) is 13.0. The Labute approximate surface area is 158 Å². The van der Waals surface area contributed by atoms with E-state index >= 15 is 0 Å². The zero-order chi connectivity index (χ0) is 19.6. The molecule has 146 valence electrons. The minimum Gasteiger partial charge on any atom is -0.496 e. The van der Waals surface area contributed by atoms with E-state index in [1.165, 1.54) is 7.11 Å². The first-order valence-corrected chi connectivity index (χ1v) is 8.63. The van der Waals surface area contributed by atoms with Gasteiger partial charge in [0.25, 0.3) is 0 Å². The van der Waals surface area contributed by atoms with Crippen molar-refractivity contribution in [3.63, 3.8) is 0 Å². The van der Waals surface area contributed by atoms with E-state index in [0.29, 0.717) is 16.9 Å². The lowest BCUT2D eigenvalue weighted by Crippen LogP contribution is -2.30. The molecule has 0 aliphatic rings. The van der Waals surface area contributed by atoms with Crippen LogP contribution in [0.1, 0.15) is 29.2 Å². The molecule has 7 heteroatoms. The van der Waals surface area contributed by atoms with Crippen molar-refractivity contribution in [2.45, 2.75) is 31.8 Å². The molecular formula is C20H25NO6. The van der Waals surface area contributed by atoms with E-state index in [9.17, 15) is 20.1 Å². The molecule has 0 fully saturated rings. The highest BCUT2D eigenvalue weighted by atomic mass is 16.5. The lowest BCUT2D eigenvalue weighted by atomic mass is 9.99. The molecule has 0 spiro atoms.